The molecule has 1 fully saturated rings. The predicted octanol–water partition coefficient (Wildman–Crippen LogP) is 3.67. The van der Waals surface area contributed by atoms with Crippen LogP contribution in [0.1, 0.15) is 66.2 Å². The predicted molar refractivity (Wildman–Crippen MR) is 81.0 cm³/mol. The Labute approximate surface area is 115 Å². The molecular formula is C16H34N2. The van der Waals surface area contributed by atoms with Crippen LogP contribution in [0.5, 0.6) is 0 Å². The lowest BCUT2D eigenvalue weighted by Gasteiger charge is -2.33. The van der Waals surface area contributed by atoms with Crippen molar-refractivity contribution >= 4 is 0 Å². The van der Waals surface area contributed by atoms with Gasteiger partial charge in [0, 0.05) is 18.6 Å². The zero-order chi connectivity index (χ0) is 13.4. The Morgan fingerprint density at radius 3 is 2.33 bits per heavy atom. The number of likely N-dealkylation sites (N-methyl/N-ethyl adjacent to an activating group) is 1. The highest BCUT2D eigenvalue weighted by molar-refractivity contribution is 4.81. The van der Waals surface area contributed by atoms with Gasteiger partial charge in [0.15, 0.2) is 0 Å². The molecule has 0 amide bonds. The first-order valence-corrected chi connectivity index (χ1v) is 8.14. The molecule has 18 heavy (non-hydrogen) atoms. The van der Waals surface area contributed by atoms with Crippen LogP contribution in [-0.4, -0.2) is 36.6 Å². The maximum Gasteiger partial charge on any atom is 0.0192 e. The van der Waals surface area contributed by atoms with E-state index >= 15 is 0 Å². The fraction of sp³-hybridized carbons (Fsp3) is 1.00. The second kappa shape index (κ2) is 8.92. The SMILES string of the molecule is CCNC(CC)CN(CCC(C)C)C1CCCC1. The van der Waals surface area contributed by atoms with E-state index in [1.807, 2.05) is 0 Å². The number of rotatable bonds is 9. The van der Waals surface area contributed by atoms with E-state index in [1.54, 1.807) is 0 Å². The first-order valence-electron chi connectivity index (χ1n) is 8.14. The van der Waals surface area contributed by atoms with Gasteiger partial charge in [-0.15, -0.1) is 0 Å². The van der Waals surface area contributed by atoms with Crippen LogP contribution in [0.25, 0.3) is 0 Å². The largest absolute Gasteiger partial charge is 0.313 e. The van der Waals surface area contributed by atoms with Crippen molar-refractivity contribution < 1.29 is 0 Å². The van der Waals surface area contributed by atoms with E-state index in [2.05, 4.69) is 37.9 Å². The van der Waals surface area contributed by atoms with Crippen LogP contribution in [0.15, 0.2) is 0 Å². The molecule has 1 aliphatic rings. The summed E-state index contributed by atoms with van der Waals surface area (Å²) >= 11 is 0. The highest BCUT2D eigenvalue weighted by Crippen LogP contribution is 2.24. The van der Waals surface area contributed by atoms with E-state index in [4.69, 9.17) is 0 Å². The lowest BCUT2D eigenvalue weighted by molar-refractivity contribution is 0.167. The highest BCUT2D eigenvalue weighted by Gasteiger charge is 2.24. The summed E-state index contributed by atoms with van der Waals surface area (Å²) in [6.45, 7) is 12.9. The van der Waals surface area contributed by atoms with Gasteiger partial charge in [0.05, 0.1) is 0 Å². The fourth-order valence-electron chi connectivity index (χ4n) is 3.03. The Balaban J connectivity index is 2.46. The van der Waals surface area contributed by atoms with Gasteiger partial charge in [0.1, 0.15) is 0 Å². The minimum absolute atomic E-state index is 0.683. The summed E-state index contributed by atoms with van der Waals surface area (Å²) < 4.78 is 0. The van der Waals surface area contributed by atoms with Crippen LogP contribution in [0, 0.1) is 5.92 Å². The highest BCUT2D eigenvalue weighted by atomic mass is 15.2. The Hall–Kier alpha value is -0.0800. The van der Waals surface area contributed by atoms with Gasteiger partial charge in [0.25, 0.3) is 0 Å². The molecule has 0 aromatic rings. The van der Waals surface area contributed by atoms with Crippen molar-refractivity contribution in [1.82, 2.24) is 10.2 Å². The molecule has 2 heteroatoms. The second-order valence-electron chi connectivity index (χ2n) is 6.28. The Bertz CT molecular complexity index is 197. The molecule has 0 heterocycles. The third kappa shape index (κ3) is 5.71. The number of hydrogen-bond acceptors (Lipinski definition) is 2. The van der Waals surface area contributed by atoms with Crippen molar-refractivity contribution in [2.75, 3.05) is 19.6 Å². The van der Waals surface area contributed by atoms with Crippen molar-refractivity contribution in [3.05, 3.63) is 0 Å². The van der Waals surface area contributed by atoms with Crippen LogP contribution in [0.3, 0.4) is 0 Å². The smallest absolute Gasteiger partial charge is 0.0192 e. The van der Waals surface area contributed by atoms with Gasteiger partial charge in [-0.3, -0.25) is 4.90 Å². The first kappa shape index (κ1) is 16.0. The summed E-state index contributed by atoms with van der Waals surface area (Å²) in [5.41, 5.74) is 0. The Morgan fingerprint density at radius 2 is 1.83 bits per heavy atom. The van der Waals surface area contributed by atoms with Crippen molar-refractivity contribution in [2.24, 2.45) is 5.92 Å². The van der Waals surface area contributed by atoms with Gasteiger partial charge in [-0.05, 0) is 44.7 Å². The first-order chi connectivity index (χ1) is 8.67. The van der Waals surface area contributed by atoms with Crippen molar-refractivity contribution in [2.45, 2.75) is 78.3 Å². The summed E-state index contributed by atoms with van der Waals surface area (Å²) in [6, 6.07) is 1.55. The molecule has 0 aliphatic heterocycles. The molecule has 1 N–H and O–H groups in total. The lowest BCUT2D eigenvalue weighted by Crippen LogP contribution is -2.45. The maximum absolute atomic E-state index is 3.63. The summed E-state index contributed by atoms with van der Waals surface area (Å²) in [7, 11) is 0. The number of hydrogen-bond donors (Lipinski definition) is 1. The maximum atomic E-state index is 3.63. The lowest BCUT2D eigenvalue weighted by atomic mass is 10.1. The molecule has 0 spiro atoms. The number of nitrogens with zero attached hydrogens (tertiary/aromatic N) is 1. The molecule has 0 saturated heterocycles. The monoisotopic (exact) mass is 254 g/mol. The quantitative estimate of drug-likeness (QED) is 0.675. The van der Waals surface area contributed by atoms with E-state index in [0.717, 1.165) is 18.5 Å². The van der Waals surface area contributed by atoms with Crippen molar-refractivity contribution in [3.8, 4) is 0 Å². The molecule has 2 nitrogen and oxygen atoms in total. The zero-order valence-electron chi connectivity index (χ0n) is 13.0. The minimum atomic E-state index is 0.683. The molecule has 1 rings (SSSR count). The molecule has 1 saturated carbocycles. The summed E-state index contributed by atoms with van der Waals surface area (Å²) in [5, 5.41) is 3.63. The van der Waals surface area contributed by atoms with E-state index in [1.165, 1.54) is 51.6 Å². The molecule has 0 bridgehead atoms. The van der Waals surface area contributed by atoms with E-state index in [0.29, 0.717) is 6.04 Å². The van der Waals surface area contributed by atoms with Crippen LogP contribution in [-0.2, 0) is 0 Å². The average molecular weight is 254 g/mol. The molecule has 1 aliphatic carbocycles. The summed E-state index contributed by atoms with van der Waals surface area (Å²) in [5.74, 6) is 0.827. The minimum Gasteiger partial charge on any atom is -0.313 e. The average Bonchev–Trinajstić information content (AvgIpc) is 2.86. The third-order valence-corrected chi connectivity index (χ3v) is 4.28. The van der Waals surface area contributed by atoms with Crippen LogP contribution in [0.2, 0.25) is 0 Å². The van der Waals surface area contributed by atoms with Crippen molar-refractivity contribution in [1.29, 1.82) is 0 Å². The number of nitrogens with one attached hydrogen (secondary N) is 1. The Morgan fingerprint density at radius 1 is 1.17 bits per heavy atom. The molecule has 0 aromatic carbocycles. The van der Waals surface area contributed by atoms with Gasteiger partial charge >= 0.3 is 0 Å². The topological polar surface area (TPSA) is 15.3 Å². The zero-order valence-corrected chi connectivity index (χ0v) is 13.0. The van der Waals surface area contributed by atoms with Crippen LogP contribution in [0.4, 0.5) is 0 Å². The van der Waals surface area contributed by atoms with E-state index in [-0.39, 0.29) is 0 Å². The van der Waals surface area contributed by atoms with Gasteiger partial charge in [0.2, 0.25) is 0 Å². The Kier molecular flexibility index (Phi) is 7.92. The van der Waals surface area contributed by atoms with Crippen LogP contribution < -0.4 is 5.32 Å². The summed E-state index contributed by atoms with van der Waals surface area (Å²) in [6.07, 6.45) is 8.35. The molecule has 0 aromatic heterocycles. The second-order valence-corrected chi connectivity index (χ2v) is 6.28. The van der Waals surface area contributed by atoms with E-state index in [9.17, 15) is 0 Å². The van der Waals surface area contributed by atoms with Gasteiger partial charge in [-0.25, -0.2) is 0 Å². The normalized spacial score (nSPS) is 19.0. The third-order valence-electron chi connectivity index (χ3n) is 4.28. The van der Waals surface area contributed by atoms with Crippen molar-refractivity contribution in [3.63, 3.8) is 0 Å². The van der Waals surface area contributed by atoms with Crippen LogP contribution >= 0.6 is 0 Å². The molecule has 108 valence electrons. The molecular weight excluding hydrogens is 220 g/mol. The van der Waals surface area contributed by atoms with Gasteiger partial charge < -0.3 is 5.32 Å². The summed E-state index contributed by atoms with van der Waals surface area (Å²) in [4.78, 5) is 2.78. The molecule has 1 atom stereocenters. The van der Waals surface area contributed by atoms with Gasteiger partial charge in [-0.2, -0.15) is 0 Å². The molecule has 1 unspecified atom stereocenters. The standard InChI is InChI=1S/C16H34N2/c1-5-15(17-6-2)13-18(12-11-14(3)4)16-9-7-8-10-16/h14-17H,5-13H2,1-4H3. The fourth-order valence-corrected chi connectivity index (χ4v) is 3.03. The van der Waals surface area contributed by atoms with Gasteiger partial charge in [-0.1, -0.05) is 40.5 Å². The molecule has 0 radical (unpaired) electrons. The van der Waals surface area contributed by atoms with E-state index < -0.39 is 0 Å².